The lowest BCUT2D eigenvalue weighted by Gasteiger charge is -2.45. The molecule has 0 spiro atoms. The molecule has 144 valence electrons. The van der Waals surface area contributed by atoms with Gasteiger partial charge in [0, 0.05) is 19.8 Å². The van der Waals surface area contributed by atoms with Crippen LogP contribution in [0.4, 0.5) is 0 Å². The van der Waals surface area contributed by atoms with Gasteiger partial charge in [-0.25, -0.2) is 0 Å². The van der Waals surface area contributed by atoms with Crippen LogP contribution in [0.3, 0.4) is 0 Å². The standard InChI is InChI=1S/C18H36O6/c1-4-7-10-22-16-14(20)13(19)15(21)17(23-11-8-5-2)18(16)24-12-9-6-3/h13-21H,4-12H2,1-3H3/t13?,14?,15?,16-,17?,18?/m0/s1. The van der Waals surface area contributed by atoms with Gasteiger partial charge in [-0.3, -0.25) is 0 Å². The van der Waals surface area contributed by atoms with E-state index in [0.717, 1.165) is 38.5 Å². The van der Waals surface area contributed by atoms with Crippen molar-refractivity contribution < 1.29 is 29.5 Å². The molecule has 1 saturated carbocycles. The molecule has 24 heavy (non-hydrogen) atoms. The number of rotatable bonds is 12. The van der Waals surface area contributed by atoms with Gasteiger partial charge in [0.05, 0.1) is 0 Å². The highest BCUT2D eigenvalue weighted by Gasteiger charge is 2.51. The third-order valence-corrected chi connectivity index (χ3v) is 4.45. The van der Waals surface area contributed by atoms with Crippen molar-refractivity contribution in [3.63, 3.8) is 0 Å². The van der Waals surface area contributed by atoms with Gasteiger partial charge in [0.1, 0.15) is 36.6 Å². The summed E-state index contributed by atoms with van der Waals surface area (Å²) in [4.78, 5) is 0. The summed E-state index contributed by atoms with van der Waals surface area (Å²) < 4.78 is 17.5. The Morgan fingerprint density at radius 2 is 0.875 bits per heavy atom. The Morgan fingerprint density at radius 1 is 0.542 bits per heavy atom. The molecule has 0 radical (unpaired) electrons. The van der Waals surface area contributed by atoms with Gasteiger partial charge in [0.15, 0.2) is 0 Å². The summed E-state index contributed by atoms with van der Waals surface area (Å²) in [5.41, 5.74) is 0. The summed E-state index contributed by atoms with van der Waals surface area (Å²) in [5.74, 6) is 0. The minimum Gasteiger partial charge on any atom is -0.387 e. The SMILES string of the molecule is CCCCOC1C(O)C(O)C(O)[C@H](OCCCC)C1OCCCC. The Morgan fingerprint density at radius 3 is 1.21 bits per heavy atom. The second-order valence-corrected chi connectivity index (χ2v) is 6.54. The molecule has 0 heterocycles. The molecule has 1 aliphatic carbocycles. The molecule has 1 rings (SSSR count). The van der Waals surface area contributed by atoms with E-state index in [1.165, 1.54) is 0 Å². The Balaban J connectivity index is 2.83. The zero-order valence-corrected chi connectivity index (χ0v) is 15.4. The smallest absolute Gasteiger partial charge is 0.115 e. The van der Waals surface area contributed by atoms with Crippen molar-refractivity contribution in [2.45, 2.75) is 95.9 Å². The fourth-order valence-corrected chi connectivity index (χ4v) is 2.83. The van der Waals surface area contributed by atoms with E-state index < -0.39 is 36.6 Å². The van der Waals surface area contributed by atoms with Gasteiger partial charge in [-0.15, -0.1) is 0 Å². The monoisotopic (exact) mass is 348 g/mol. The van der Waals surface area contributed by atoms with Crippen LogP contribution in [0, 0.1) is 0 Å². The predicted octanol–water partition coefficient (Wildman–Crippen LogP) is 1.64. The van der Waals surface area contributed by atoms with Crippen molar-refractivity contribution in [2.75, 3.05) is 19.8 Å². The summed E-state index contributed by atoms with van der Waals surface area (Å²) in [6.07, 6.45) is -0.0839. The van der Waals surface area contributed by atoms with E-state index in [2.05, 4.69) is 20.8 Å². The second kappa shape index (κ2) is 12.2. The number of hydrogen-bond acceptors (Lipinski definition) is 6. The fourth-order valence-electron chi connectivity index (χ4n) is 2.83. The quantitative estimate of drug-likeness (QED) is 0.465. The van der Waals surface area contributed by atoms with Crippen molar-refractivity contribution in [3.8, 4) is 0 Å². The van der Waals surface area contributed by atoms with E-state index in [1.807, 2.05) is 0 Å². The van der Waals surface area contributed by atoms with Crippen LogP contribution in [-0.2, 0) is 14.2 Å². The van der Waals surface area contributed by atoms with Crippen LogP contribution in [0.25, 0.3) is 0 Å². The summed E-state index contributed by atoms with van der Waals surface area (Å²) in [7, 11) is 0. The molecule has 6 heteroatoms. The molecule has 0 aromatic carbocycles. The number of aliphatic hydroxyl groups is 3. The maximum absolute atomic E-state index is 10.4. The number of aliphatic hydroxyl groups excluding tert-OH is 3. The Labute approximate surface area is 146 Å². The molecule has 0 aromatic heterocycles. The number of ether oxygens (including phenoxy) is 3. The molecule has 6 atom stereocenters. The van der Waals surface area contributed by atoms with Crippen LogP contribution < -0.4 is 0 Å². The first-order chi connectivity index (χ1) is 11.6. The van der Waals surface area contributed by atoms with Crippen molar-refractivity contribution >= 4 is 0 Å². The summed E-state index contributed by atoms with van der Waals surface area (Å²) in [5, 5.41) is 30.9. The predicted molar refractivity (Wildman–Crippen MR) is 92.0 cm³/mol. The highest BCUT2D eigenvalue weighted by atomic mass is 16.6. The molecule has 1 fully saturated rings. The first kappa shape index (κ1) is 21.8. The number of unbranched alkanes of at least 4 members (excludes halogenated alkanes) is 3. The molecule has 3 N–H and O–H groups in total. The first-order valence-electron chi connectivity index (χ1n) is 9.47. The van der Waals surface area contributed by atoms with Crippen LogP contribution >= 0.6 is 0 Å². The van der Waals surface area contributed by atoms with Gasteiger partial charge >= 0.3 is 0 Å². The molecule has 5 unspecified atom stereocenters. The third kappa shape index (κ3) is 6.24. The Kier molecular flexibility index (Phi) is 11.1. The third-order valence-electron chi connectivity index (χ3n) is 4.45. The van der Waals surface area contributed by atoms with Crippen molar-refractivity contribution in [2.24, 2.45) is 0 Å². The van der Waals surface area contributed by atoms with E-state index in [0.29, 0.717) is 19.8 Å². The van der Waals surface area contributed by atoms with Gasteiger partial charge < -0.3 is 29.5 Å². The highest BCUT2D eigenvalue weighted by Crippen LogP contribution is 2.29. The summed E-state index contributed by atoms with van der Waals surface area (Å²) >= 11 is 0. The van der Waals surface area contributed by atoms with E-state index in [1.54, 1.807) is 0 Å². The molecule has 0 saturated heterocycles. The van der Waals surface area contributed by atoms with E-state index in [9.17, 15) is 15.3 Å². The molecule has 0 amide bonds. The lowest BCUT2D eigenvalue weighted by atomic mass is 9.84. The topological polar surface area (TPSA) is 88.4 Å². The summed E-state index contributed by atoms with van der Waals surface area (Å²) in [6, 6.07) is 0. The average Bonchev–Trinajstić information content (AvgIpc) is 2.58. The summed E-state index contributed by atoms with van der Waals surface area (Å²) in [6.45, 7) is 7.67. The van der Waals surface area contributed by atoms with Gasteiger partial charge in [0.25, 0.3) is 0 Å². The van der Waals surface area contributed by atoms with Gasteiger partial charge in [-0.2, -0.15) is 0 Å². The lowest BCUT2D eigenvalue weighted by molar-refractivity contribution is -0.257. The Hall–Kier alpha value is -0.240. The lowest BCUT2D eigenvalue weighted by Crippen LogP contribution is -2.65. The van der Waals surface area contributed by atoms with Crippen LogP contribution in [-0.4, -0.2) is 71.8 Å². The van der Waals surface area contributed by atoms with Crippen molar-refractivity contribution in [1.29, 1.82) is 0 Å². The van der Waals surface area contributed by atoms with Crippen LogP contribution in [0.1, 0.15) is 59.3 Å². The molecular weight excluding hydrogens is 312 g/mol. The van der Waals surface area contributed by atoms with Gasteiger partial charge in [-0.05, 0) is 19.3 Å². The van der Waals surface area contributed by atoms with E-state index in [-0.39, 0.29) is 0 Å². The van der Waals surface area contributed by atoms with Gasteiger partial charge in [-0.1, -0.05) is 40.0 Å². The first-order valence-corrected chi connectivity index (χ1v) is 9.47. The van der Waals surface area contributed by atoms with Crippen molar-refractivity contribution in [1.82, 2.24) is 0 Å². The van der Waals surface area contributed by atoms with E-state index >= 15 is 0 Å². The van der Waals surface area contributed by atoms with E-state index in [4.69, 9.17) is 14.2 Å². The molecule has 0 aromatic rings. The molecule has 0 bridgehead atoms. The molecule has 1 aliphatic rings. The molecule has 6 nitrogen and oxygen atoms in total. The maximum atomic E-state index is 10.4. The minimum atomic E-state index is -1.30. The van der Waals surface area contributed by atoms with Crippen LogP contribution in [0.15, 0.2) is 0 Å². The zero-order chi connectivity index (χ0) is 17.9. The average molecular weight is 348 g/mol. The normalized spacial score (nSPS) is 33.8. The van der Waals surface area contributed by atoms with Crippen LogP contribution in [0.2, 0.25) is 0 Å². The van der Waals surface area contributed by atoms with Crippen LogP contribution in [0.5, 0.6) is 0 Å². The fraction of sp³-hybridized carbons (Fsp3) is 1.00. The largest absolute Gasteiger partial charge is 0.387 e. The Bertz CT molecular complexity index is 290. The molecular formula is C18H36O6. The highest BCUT2D eigenvalue weighted by molar-refractivity contribution is 5.01. The van der Waals surface area contributed by atoms with Gasteiger partial charge in [0.2, 0.25) is 0 Å². The van der Waals surface area contributed by atoms with Crippen molar-refractivity contribution in [3.05, 3.63) is 0 Å². The molecule has 0 aliphatic heterocycles. The zero-order valence-electron chi connectivity index (χ0n) is 15.4. The number of hydrogen-bond donors (Lipinski definition) is 3. The second-order valence-electron chi connectivity index (χ2n) is 6.54. The minimum absolute atomic E-state index is 0.482. The maximum Gasteiger partial charge on any atom is 0.115 e.